The molecule has 0 spiro atoms. The Morgan fingerprint density at radius 3 is 2.36 bits per heavy atom. The first-order valence-electron chi connectivity index (χ1n) is 5.01. The molecule has 0 aliphatic rings. The van der Waals surface area contributed by atoms with E-state index in [9.17, 15) is 0 Å². The SMILES string of the molecule is C=C(Br)CN(CCCO)CC(C)(C)C. The molecule has 14 heavy (non-hydrogen) atoms. The molecule has 0 rings (SSSR count). The number of hydrogen-bond acceptors (Lipinski definition) is 2. The lowest BCUT2D eigenvalue weighted by molar-refractivity contribution is 0.185. The number of rotatable bonds is 6. The molecule has 0 fully saturated rings. The molecule has 0 bridgehead atoms. The van der Waals surface area contributed by atoms with Crippen LogP contribution >= 0.6 is 15.9 Å². The van der Waals surface area contributed by atoms with Crippen LogP contribution in [-0.4, -0.2) is 36.2 Å². The molecule has 0 aliphatic heterocycles. The van der Waals surface area contributed by atoms with Gasteiger partial charge in [-0.1, -0.05) is 43.3 Å². The van der Waals surface area contributed by atoms with Gasteiger partial charge < -0.3 is 5.11 Å². The van der Waals surface area contributed by atoms with E-state index in [-0.39, 0.29) is 12.0 Å². The van der Waals surface area contributed by atoms with Gasteiger partial charge in [-0.2, -0.15) is 0 Å². The molecule has 0 amide bonds. The number of nitrogens with zero attached hydrogens (tertiary/aromatic N) is 1. The predicted molar refractivity (Wildman–Crippen MR) is 65.7 cm³/mol. The molecular weight excluding hydrogens is 242 g/mol. The minimum Gasteiger partial charge on any atom is -0.396 e. The number of hydrogen-bond donors (Lipinski definition) is 1. The Morgan fingerprint density at radius 2 is 2.00 bits per heavy atom. The lowest BCUT2D eigenvalue weighted by atomic mass is 9.96. The molecule has 0 unspecified atom stereocenters. The summed E-state index contributed by atoms with van der Waals surface area (Å²) in [5, 5.41) is 8.79. The first-order chi connectivity index (χ1) is 6.35. The fourth-order valence-corrected chi connectivity index (χ4v) is 1.78. The second-order valence-electron chi connectivity index (χ2n) is 4.87. The van der Waals surface area contributed by atoms with E-state index in [1.165, 1.54) is 0 Å². The van der Waals surface area contributed by atoms with Gasteiger partial charge in [0.25, 0.3) is 0 Å². The summed E-state index contributed by atoms with van der Waals surface area (Å²) in [5.74, 6) is 0. The minimum absolute atomic E-state index is 0.259. The first kappa shape index (κ1) is 14.1. The summed E-state index contributed by atoms with van der Waals surface area (Å²) in [6.45, 7) is 13.6. The second-order valence-corrected chi connectivity index (χ2v) is 5.99. The summed E-state index contributed by atoms with van der Waals surface area (Å²) >= 11 is 3.38. The molecule has 0 atom stereocenters. The fraction of sp³-hybridized carbons (Fsp3) is 0.818. The van der Waals surface area contributed by atoms with Crippen LogP contribution in [0.15, 0.2) is 11.1 Å². The molecule has 84 valence electrons. The molecular formula is C11H22BrNO. The Kier molecular flexibility index (Phi) is 6.66. The summed E-state index contributed by atoms with van der Waals surface area (Å²) < 4.78 is 1.000. The highest BCUT2D eigenvalue weighted by atomic mass is 79.9. The van der Waals surface area contributed by atoms with Crippen molar-refractivity contribution in [2.24, 2.45) is 5.41 Å². The maximum Gasteiger partial charge on any atom is 0.0443 e. The van der Waals surface area contributed by atoms with E-state index in [0.717, 1.165) is 30.5 Å². The van der Waals surface area contributed by atoms with Gasteiger partial charge in [-0.3, -0.25) is 4.90 Å². The van der Waals surface area contributed by atoms with Crippen LogP contribution in [0.3, 0.4) is 0 Å². The molecule has 1 N–H and O–H groups in total. The van der Waals surface area contributed by atoms with Crippen LogP contribution in [0.2, 0.25) is 0 Å². The lowest BCUT2D eigenvalue weighted by Crippen LogP contribution is -2.34. The fourth-order valence-electron chi connectivity index (χ4n) is 1.42. The average molecular weight is 264 g/mol. The Balaban J connectivity index is 4.03. The van der Waals surface area contributed by atoms with Crippen molar-refractivity contribution < 1.29 is 5.11 Å². The Hall–Kier alpha value is 0.140. The van der Waals surface area contributed by atoms with Crippen molar-refractivity contribution in [1.29, 1.82) is 0 Å². The van der Waals surface area contributed by atoms with E-state index in [1.54, 1.807) is 0 Å². The lowest BCUT2D eigenvalue weighted by Gasteiger charge is -2.29. The predicted octanol–water partition coefficient (Wildman–Crippen LogP) is 2.63. The molecule has 0 aromatic heterocycles. The maximum atomic E-state index is 8.79. The monoisotopic (exact) mass is 263 g/mol. The van der Waals surface area contributed by atoms with Crippen molar-refractivity contribution in [1.82, 2.24) is 4.90 Å². The molecule has 0 aliphatic carbocycles. The molecule has 0 saturated carbocycles. The van der Waals surface area contributed by atoms with Crippen LogP contribution < -0.4 is 0 Å². The van der Waals surface area contributed by atoms with E-state index in [4.69, 9.17) is 5.11 Å². The van der Waals surface area contributed by atoms with Gasteiger partial charge in [-0.25, -0.2) is 0 Å². The molecule has 3 heteroatoms. The van der Waals surface area contributed by atoms with Gasteiger partial charge in [0.15, 0.2) is 0 Å². The molecule has 0 saturated heterocycles. The smallest absolute Gasteiger partial charge is 0.0443 e. The summed E-state index contributed by atoms with van der Waals surface area (Å²) in [6.07, 6.45) is 0.830. The summed E-state index contributed by atoms with van der Waals surface area (Å²) in [7, 11) is 0. The highest BCUT2D eigenvalue weighted by Gasteiger charge is 2.16. The van der Waals surface area contributed by atoms with Gasteiger partial charge in [0, 0.05) is 30.7 Å². The largest absolute Gasteiger partial charge is 0.396 e. The van der Waals surface area contributed by atoms with Crippen molar-refractivity contribution in [3.63, 3.8) is 0 Å². The third kappa shape index (κ3) is 8.73. The van der Waals surface area contributed by atoms with Crippen molar-refractivity contribution in [2.45, 2.75) is 27.2 Å². The van der Waals surface area contributed by atoms with Crippen molar-refractivity contribution in [2.75, 3.05) is 26.2 Å². The van der Waals surface area contributed by atoms with Crippen LogP contribution in [0.25, 0.3) is 0 Å². The van der Waals surface area contributed by atoms with Crippen LogP contribution in [0.4, 0.5) is 0 Å². The molecule has 0 aromatic rings. The van der Waals surface area contributed by atoms with Gasteiger partial charge in [-0.05, 0) is 11.8 Å². The molecule has 0 aromatic carbocycles. The number of aliphatic hydroxyl groups is 1. The van der Waals surface area contributed by atoms with Gasteiger partial charge in [0.05, 0.1) is 0 Å². The van der Waals surface area contributed by atoms with E-state index < -0.39 is 0 Å². The van der Waals surface area contributed by atoms with Gasteiger partial charge in [0.1, 0.15) is 0 Å². The zero-order valence-corrected chi connectivity index (χ0v) is 11.1. The highest BCUT2D eigenvalue weighted by Crippen LogP contribution is 2.17. The van der Waals surface area contributed by atoms with Gasteiger partial charge >= 0.3 is 0 Å². The van der Waals surface area contributed by atoms with Crippen molar-refractivity contribution in [3.05, 3.63) is 11.1 Å². The number of aliphatic hydroxyl groups excluding tert-OH is 1. The summed E-state index contributed by atoms with van der Waals surface area (Å²) in [4.78, 5) is 2.31. The van der Waals surface area contributed by atoms with Crippen LogP contribution in [0, 0.1) is 5.41 Å². The zero-order valence-electron chi connectivity index (χ0n) is 9.52. The topological polar surface area (TPSA) is 23.5 Å². The van der Waals surface area contributed by atoms with Crippen LogP contribution in [0.5, 0.6) is 0 Å². The summed E-state index contributed by atoms with van der Waals surface area (Å²) in [6, 6.07) is 0. The first-order valence-corrected chi connectivity index (χ1v) is 5.81. The second kappa shape index (κ2) is 6.59. The van der Waals surface area contributed by atoms with E-state index in [0.29, 0.717) is 0 Å². The van der Waals surface area contributed by atoms with Crippen LogP contribution in [-0.2, 0) is 0 Å². The standard InChI is InChI=1S/C11H22BrNO/c1-10(12)8-13(6-5-7-14)9-11(2,3)4/h14H,1,5-9H2,2-4H3. The van der Waals surface area contributed by atoms with Gasteiger partial charge in [0.2, 0.25) is 0 Å². The zero-order chi connectivity index (χ0) is 11.2. The van der Waals surface area contributed by atoms with E-state index in [2.05, 4.69) is 48.2 Å². The Bertz CT molecular complexity index is 175. The van der Waals surface area contributed by atoms with E-state index >= 15 is 0 Å². The van der Waals surface area contributed by atoms with E-state index in [1.807, 2.05) is 0 Å². The number of halogens is 1. The van der Waals surface area contributed by atoms with Crippen LogP contribution in [0.1, 0.15) is 27.2 Å². The molecule has 2 nitrogen and oxygen atoms in total. The van der Waals surface area contributed by atoms with Crippen molar-refractivity contribution >= 4 is 15.9 Å². The van der Waals surface area contributed by atoms with Crippen molar-refractivity contribution in [3.8, 4) is 0 Å². The highest BCUT2D eigenvalue weighted by molar-refractivity contribution is 9.11. The third-order valence-corrected chi connectivity index (χ3v) is 1.98. The minimum atomic E-state index is 0.259. The molecule has 0 heterocycles. The average Bonchev–Trinajstić information content (AvgIpc) is 1.96. The Labute approximate surface area is 96.1 Å². The normalized spacial score (nSPS) is 12.1. The quantitative estimate of drug-likeness (QED) is 0.797. The Morgan fingerprint density at radius 1 is 1.43 bits per heavy atom. The summed E-state index contributed by atoms with van der Waals surface area (Å²) in [5.41, 5.74) is 0.290. The third-order valence-electron chi connectivity index (χ3n) is 1.73. The van der Waals surface area contributed by atoms with Gasteiger partial charge in [-0.15, -0.1) is 0 Å². The maximum absolute atomic E-state index is 8.79. The molecule has 0 radical (unpaired) electrons.